The second-order valence-electron chi connectivity index (χ2n) is 6.39. The molecule has 8 heteroatoms. The van der Waals surface area contributed by atoms with Crippen molar-refractivity contribution in [1.29, 1.82) is 0 Å². The highest BCUT2D eigenvalue weighted by molar-refractivity contribution is 8.26. The van der Waals surface area contributed by atoms with E-state index in [2.05, 4.69) is 5.32 Å². The van der Waals surface area contributed by atoms with Crippen molar-refractivity contribution in [1.82, 2.24) is 5.32 Å². The van der Waals surface area contributed by atoms with Crippen molar-refractivity contribution in [3.63, 3.8) is 0 Å². The average Bonchev–Trinajstić information content (AvgIpc) is 3.04. The van der Waals surface area contributed by atoms with Crippen LogP contribution in [-0.4, -0.2) is 43.8 Å². The molecule has 3 rings (SSSR count). The van der Waals surface area contributed by atoms with Crippen molar-refractivity contribution in [3.05, 3.63) is 58.5 Å². The van der Waals surface area contributed by atoms with Crippen LogP contribution < -0.4 is 19.5 Å². The Morgan fingerprint density at radius 3 is 2.53 bits per heavy atom. The zero-order valence-electron chi connectivity index (χ0n) is 16.8. The van der Waals surface area contributed by atoms with Crippen LogP contribution >= 0.6 is 24.0 Å². The molecule has 30 heavy (non-hydrogen) atoms. The highest BCUT2D eigenvalue weighted by Gasteiger charge is 2.22. The fourth-order valence-electron chi connectivity index (χ4n) is 2.70. The highest BCUT2D eigenvalue weighted by atomic mass is 32.2. The number of ether oxygens (including phenoxy) is 4. The van der Waals surface area contributed by atoms with E-state index in [-0.39, 0.29) is 5.91 Å². The van der Waals surface area contributed by atoms with Crippen LogP contribution in [0.4, 0.5) is 0 Å². The van der Waals surface area contributed by atoms with Crippen LogP contribution in [0, 0.1) is 6.92 Å². The van der Waals surface area contributed by atoms with Gasteiger partial charge in [0.25, 0.3) is 5.91 Å². The molecular formula is C22H23NO5S2. The molecule has 0 unspecified atom stereocenters. The van der Waals surface area contributed by atoms with Crippen LogP contribution in [0.5, 0.6) is 17.2 Å². The van der Waals surface area contributed by atoms with Crippen LogP contribution in [0.1, 0.15) is 11.1 Å². The number of nitrogens with one attached hydrogen (secondary N) is 1. The molecule has 0 radical (unpaired) electrons. The third-order valence-electron chi connectivity index (χ3n) is 4.10. The Hall–Kier alpha value is -2.55. The lowest BCUT2D eigenvalue weighted by Gasteiger charge is -2.12. The Bertz CT molecular complexity index is 945. The summed E-state index contributed by atoms with van der Waals surface area (Å²) in [7, 11) is 1.57. The van der Waals surface area contributed by atoms with E-state index in [9.17, 15) is 4.79 Å². The molecule has 1 amide bonds. The van der Waals surface area contributed by atoms with Gasteiger partial charge in [0.15, 0.2) is 11.5 Å². The first-order valence-electron chi connectivity index (χ1n) is 9.38. The maximum Gasteiger partial charge on any atom is 0.263 e. The molecule has 0 aliphatic carbocycles. The third kappa shape index (κ3) is 6.48. The normalized spacial score (nSPS) is 14.7. The summed E-state index contributed by atoms with van der Waals surface area (Å²) in [6.07, 6.45) is 1.77. The molecule has 1 N–H and O–H groups in total. The largest absolute Gasteiger partial charge is 0.493 e. The van der Waals surface area contributed by atoms with E-state index in [1.807, 2.05) is 49.4 Å². The van der Waals surface area contributed by atoms with Gasteiger partial charge in [-0.15, -0.1) is 0 Å². The Morgan fingerprint density at radius 2 is 1.83 bits per heavy atom. The first kappa shape index (κ1) is 22.1. The molecule has 0 aromatic heterocycles. The summed E-state index contributed by atoms with van der Waals surface area (Å²) in [6.45, 7) is 3.79. The number of carbonyl (C=O) groups is 1. The molecule has 1 aliphatic heterocycles. The highest BCUT2D eigenvalue weighted by Crippen LogP contribution is 2.31. The molecule has 0 atom stereocenters. The number of carbonyl (C=O) groups excluding carboxylic acids is 1. The van der Waals surface area contributed by atoms with Gasteiger partial charge in [-0.3, -0.25) is 4.79 Å². The standard InChI is InChI=1S/C22H23NO5S2/c1-15-4-3-5-17(12-15)27-10-8-26-9-11-28-18-7-6-16(13-19(18)25-2)14-20-21(24)23-22(29)30-20/h3-7,12-14H,8-11H2,1-2H3,(H,23,24,29). The fraction of sp³-hybridized carbons (Fsp3) is 0.273. The van der Waals surface area contributed by atoms with E-state index in [0.29, 0.717) is 47.2 Å². The minimum atomic E-state index is -0.187. The van der Waals surface area contributed by atoms with Crippen molar-refractivity contribution in [3.8, 4) is 17.2 Å². The van der Waals surface area contributed by atoms with E-state index < -0.39 is 0 Å². The lowest BCUT2D eigenvalue weighted by Crippen LogP contribution is -2.17. The second kappa shape index (κ2) is 11.0. The number of aryl methyl sites for hydroxylation is 1. The van der Waals surface area contributed by atoms with E-state index in [1.165, 1.54) is 11.8 Å². The zero-order valence-corrected chi connectivity index (χ0v) is 18.4. The summed E-state index contributed by atoms with van der Waals surface area (Å²) in [5.41, 5.74) is 1.98. The average molecular weight is 446 g/mol. The quantitative estimate of drug-likeness (QED) is 0.337. The molecule has 0 spiro atoms. The van der Waals surface area contributed by atoms with Gasteiger partial charge in [-0.05, 0) is 48.4 Å². The summed E-state index contributed by atoms with van der Waals surface area (Å²) in [5.74, 6) is 1.84. The van der Waals surface area contributed by atoms with Crippen LogP contribution in [-0.2, 0) is 9.53 Å². The third-order valence-corrected chi connectivity index (χ3v) is 5.26. The molecule has 0 bridgehead atoms. The fourth-order valence-corrected chi connectivity index (χ4v) is 3.75. The summed E-state index contributed by atoms with van der Waals surface area (Å²) in [6, 6.07) is 13.4. The molecule has 0 saturated carbocycles. The molecule has 1 heterocycles. The van der Waals surface area contributed by atoms with E-state index in [0.717, 1.165) is 16.9 Å². The number of amides is 1. The molecule has 1 aliphatic rings. The van der Waals surface area contributed by atoms with Gasteiger partial charge in [-0.1, -0.05) is 42.2 Å². The van der Waals surface area contributed by atoms with Gasteiger partial charge in [0.1, 0.15) is 23.3 Å². The number of thioether (sulfide) groups is 1. The second-order valence-corrected chi connectivity index (χ2v) is 8.11. The molecule has 2 aromatic rings. The van der Waals surface area contributed by atoms with Gasteiger partial charge >= 0.3 is 0 Å². The van der Waals surface area contributed by atoms with Crippen molar-refractivity contribution >= 4 is 40.3 Å². The maximum atomic E-state index is 11.8. The van der Waals surface area contributed by atoms with Crippen LogP contribution in [0.15, 0.2) is 47.4 Å². The molecular weight excluding hydrogens is 422 g/mol. The smallest absolute Gasteiger partial charge is 0.263 e. The van der Waals surface area contributed by atoms with Gasteiger partial charge in [0, 0.05) is 0 Å². The summed E-state index contributed by atoms with van der Waals surface area (Å²) in [5, 5.41) is 2.60. The van der Waals surface area contributed by atoms with Gasteiger partial charge in [0.05, 0.1) is 25.2 Å². The zero-order chi connectivity index (χ0) is 21.3. The van der Waals surface area contributed by atoms with Crippen LogP contribution in [0.25, 0.3) is 6.08 Å². The summed E-state index contributed by atoms with van der Waals surface area (Å²) < 4.78 is 22.8. The van der Waals surface area contributed by atoms with Crippen LogP contribution in [0.3, 0.4) is 0 Å². The number of hydrogen-bond acceptors (Lipinski definition) is 7. The molecule has 158 valence electrons. The number of rotatable bonds is 10. The van der Waals surface area contributed by atoms with Crippen molar-refractivity contribution in [2.45, 2.75) is 6.92 Å². The van der Waals surface area contributed by atoms with Crippen molar-refractivity contribution in [2.75, 3.05) is 33.5 Å². The van der Waals surface area contributed by atoms with Gasteiger partial charge in [-0.25, -0.2) is 0 Å². The number of benzene rings is 2. The van der Waals surface area contributed by atoms with Gasteiger partial charge in [0.2, 0.25) is 0 Å². The van der Waals surface area contributed by atoms with E-state index in [1.54, 1.807) is 13.2 Å². The topological polar surface area (TPSA) is 66.0 Å². The Balaban J connectivity index is 1.42. The number of hydrogen-bond donors (Lipinski definition) is 1. The number of thiocarbonyl (C=S) groups is 1. The van der Waals surface area contributed by atoms with Crippen molar-refractivity contribution < 1.29 is 23.7 Å². The van der Waals surface area contributed by atoms with Crippen molar-refractivity contribution in [2.24, 2.45) is 0 Å². The summed E-state index contributed by atoms with van der Waals surface area (Å²) >= 11 is 6.24. The first-order valence-corrected chi connectivity index (χ1v) is 10.6. The minimum absolute atomic E-state index is 0.187. The molecule has 6 nitrogen and oxygen atoms in total. The van der Waals surface area contributed by atoms with Gasteiger partial charge in [-0.2, -0.15) is 0 Å². The van der Waals surface area contributed by atoms with Crippen LogP contribution in [0.2, 0.25) is 0 Å². The predicted octanol–water partition coefficient (Wildman–Crippen LogP) is 3.97. The number of methoxy groups -OCH3 is 1. The minimum Gasteiger partial charge on any atom is -0.493 e. The molecule has 2 aromatic carbocycles. The first-order chi connectivity index (χ1) is 14.5. The Labute approximate surface area is 185 Å². The SMILES string of the molecule is COc1cc(C=C2SC(=S)NC2=O)ccc1OCCOCCOc1cccc(C)c1. The molecule has 1 fully saturated rings. The monoisotopic (exact) mass is 445 g/mol. The van der Waals surface area contributed by atoms with Gasteiger partial charge < -0.3 is 24.3 Å². The lowest BCUT2D eigenvalue weighted by molar-refractivity contribution is -0.115. The summed E-state index contributed by atoms with van der Waals surface area (Å²) in [4.78, 5) is 12.3. The lowest BCUT2D eigenvalue weighted by atomic mass is 10.2. The van der Waals surface area contributed by atoms with E-state index >= 15 is 0 Å². The Kier molecular flexibility index (Phi) is 8.12. The van der Waals surface area contributed by atoms with E-state index in [4.69, 9.17) is 31.2 Å². The Morgan fingerprint density at radius 1 is 1.03 bits per heavy atom. The molecule has 1 saturated heterocycles. The predicted molar refractivity (Wildman–Crippen MR) is 122 cm³/mol. The maximum absolute atomic E-state index is 11.8.